The SMILES string of the molecule is CC1(C)OCCn2c1nc1c(C3CC3)nc(-c3cnc(N)c(OC(F)F)c3)nc12. The minimum absolute atomic E-state index is 0.113. The summed E-state index contributed by atoms with van der Waals surface area (Å²) >= 11 is 0. The molecule has 1 aliphatic carbocycles. The highest BCUT2D eigenvalue weighted by molar-refractivity contribution is 5.78. The number of ether oxygens (including phenoxy) is 2. The molecule has 0 radical (unpaired) electrons. The Kier molecular flexibility index (Phi) is 3.95. The van der Waals surface area contributed by atoms with E-state index >= 15 is 0 Å². The zero-order valence-corrected chi connectivity index (χ0v) is 16.0. The van der Waals surface area contributed by atoms with E-state index in [0.29, 0.717) is 30.5 Å². The van der Waals surface area contributed by atoms with Gasteiger partial charge in [-0.15, -0.1) is 0 Å². The van der Waals surface area contributed by atoms with Crippen LogP contribution < -0.4 is 10.5 Å². The lowest BCUT2D eigenvalue weighted by Gasteiger charge is -2.30. The third-order valence-corrected chi connectivity index (χ3v) is 5.26. The zero-order chi connectivity index (χ0) is 20.3. The Labute approximate surface area is 165 Å². The summed E-state index contributed by atoms with van der Waals surface area (Å²) in [5.41, 5.74) is 7.96. The van der Waals surface area contributed by atoms with Gasteiger partial charge in [0.15, 0.2) is 23.0 Å². The third kappa shape index (κ3) is 3.07. The van der Waals surface area contributed by atoms with Crippen molar-refractivity contribution in [1.29, 1.82) is 0 Å². The number of aromatic nitrogens is 5. The van der Waals surface area contributed by atoms with E-state index in [9.17, 15) is 8.78 Å². The minimum Gasteiger partial charge on any atom is -0.431 e. The summed E-state index contributed by atoms with van der Waals surface area (Å²) in [6, 6.07) is 1.40. The molecular formula is C19H20F2N6O2. The van der Waals surface area contributed by atoms with E-state index in [-0.39, 0.29) is 11.6 Å². The Morgan fingerprint density at radius 1 is 1.28 bits per heavy atom. The molecule has 0 unspecified atom stereocenters. The van der Waals surface area contributed by atoms with Gasteiger partial charge in [-0.1, -0.05) is 0 Å². The number of hydrogen-bond donors (Lipinski definition) is 1. The second-order valence-electron chi connectivity index (χ2n) is 7.81. The molecule has 0 saturated heterocycles. The van der Waals surface area contributed by atoms with Gasteiger partial charge in [-0.05, 0) is 32.8 Å². The summed E-state index contributed by atoms with van der Waals surface area (Å²) < 4.78 is 37.8. The molecule has 152 valence electrons. The molecule has 1 saturated carbocycles. The van der Waals surface area contributed by atoms with Crippen molar-refractivity contribution >= 4 is 17.0 Å². The lowest BCUT2D eigenvalue weighted by atomic mass is 10.1. The van der Waals surface area contributed by atoms with Crippen molar-refractivity contribution < 1.29 is 18.3 Å². The normalized spacial score (nSPS) is 18.2. The molecule has 2 aliphatic rings. The fourth-order valence-corrected chi connectivity index (χ4v) is 3.69. The maximum atomic E-state index is 12.7. The minimum atomic E-state index is -3.00. The van der Waals surface area contributed by atoms with Gasteiger partial charge in [0.05, 0.1) is 12.3 Å². The smallest absolute Gasteiger partial charge is 0.387 e. The molecule has 3 aromatic rings. The summed E-state index contributed by atoms with van der Waals surface area (Å²) in [5.74, 6) is 1.21. The number of anilines is 1. The quantitative estimate of drug-likeness (QED) is 0.715. The van der Waals surface area contributed by atoms with Crippen molar-refractivity contribution in [3.8, 4) is 17.1 Å². The van der Waals surface area contributed by atoms with Crippen LogP contribution in [0.3, 0.4) is 0 Å². The number of imidazole rings is 1. The van der Waals surface area contributed by atoms with E-state index in [1.54, 1.807) is 0 Å². The molecule has 2 N–H and O–H groups in total. The van der Waals surface area contributed by atoms with Crippen molar-refractivity contribution in [3.05, 3.63) is 23.8 Å². The number of hydrogen-bond acceptors (Lipinski definition) is 7. The highest BCUT2D eigenvalue weighted by atomic mass is 19.3. The van der Waals surface area contributed by atoms with Crippen LogP contribution >= 0.6 is 0 Å². The van der Waals surface area contributed by atoms with E-state index in [0.717, 1.165) is 35.5 Å². The van der Waals surface area contributed by atoms with Crippen LogP contribution in [0.2, 0.25) is 0 Å². The van der Waals surface area contributed by atoms with Crippen molar-refractivity contribution in [2.75, 3.05) is 12.3 Å². The van der Waals surface area contributed by atoms with Gasteiger partial charge in [-0.3, -0.25) is 0 Å². The molecule has 5 rings (SSSR count). The number of pyridine rings is 1. The second kappa shape index (κ2) is 6.31. The first-order chi connectivity index (χ1) is 13.8. The largest absolute Gasteiger partial charge is 0.431 e. The van der Waals surface area contributed by atoms with Crippen molar-refractivity contribution in [1.82, 2.24) is 24.5 Å². The first kappa shape index (κ1) is 18.2. The van der Waals surface area contributed by atoms with E-state index in [1.807, 2.05) is 13.8 Å². The Hall–Kier alpha value is -2.88. The molecule has 0 aromatic carbocycles. The fourth-order valence-electron chi connectivity index (χ4n) is 3.69. The summed E-state index contributed by atoms with van der Waals surface area (Å²) in [5, 5.41) is 0. The average Bonchev–Trinajstić information content (AvgIpc) is 3.43. The predicted octanol–water partition coefficient (Wildman–Crippen LogP) is 3.21. The van der Waals surface area contributed by atoms with E-state index in [2.05, 4.69) is 14.3 Å². The average molecular weight is 402 g/mol. The zero-order valence-electron chi connectivity index (χ0n) is 16.0. The van der Waals surface area contributed by atoms with Crippen LogP contribution in [0.1, 0.15) is 44.1 Å². The van der Waals surface area contributed by atoms with Crippen molar-refractivity contribution in [2.45, 2.75) is 51.4 Å². The van der Waals surface area contributed by atoms with Crippen LogP contribution in [0.15, 0.2) is 12.3 Å². The molecule has 0 bridgehead atoms. The van der Waals surface area contributed by atoms with Crippen LogP contribution in [-0.2, 0) is 16.9 Å². The van der Waals surface area contributed by atoms with E-state index < -0.39 is 12.2 Å². The van der Waals surface area contributed by atoms with Crippen LogP contribution in [0.25, 0.3) is 22.6 Å². The summed E-state index contributed by atoms with van der Waals surface area (Å²) in [4.78, 5) is 18.2. The molecule has 8 nitrogen and oxygen atoms in total. The molecule has 1 fully saturated rings. The van der Waals surface area contributed by atoms with Gasteiger partial charge < -0.3 is 19.8 Å². The Bertz CT molecular complexity index is 1110. The van der Waals surface area contributed by atoms with Gasteiger partial charge in [-0.25, -0.2) is 19.9 Å². The topological polar surface area (TPSA) is 101 Å². The van der Waals surface area contributed by atoms with Gasteiger partial charge in [0, 0.05) is 24.2 Å². The van der Waals surface area contributed by atoms with E-state index in [4.69, 9.17) is 25.4 Å². The number of rotatable bonds is 4. The van der Waals surface area contributed by atoms with Gasteiger partial charge in [0.1, 0.15) is 16.9 Å². The first-order valence-electron chi connectivity index (χ1n) is 9.47. The fraction of sp³-hybridized carbons (Fsp3) is 0.474. The number of alkyl halides is 2. The molecule has 1 aliphatic heterocycles. The molecule has 3 aromatic heterocycles. The monoisotopic (exact) mass is 402 g/mol. The maximum Gasteiger partial charge on any atom is 0.387 e. The van der Waals surface area contributed by atoms with Gasteiger partial charge in [0.2, 0.25) is 0 Å². The number of fused-ring (bicyclic) bond motifs is 3. The van der Waals surface area contributed by atoms with Crippen LogP contribution in [-0.4, -0.2) is 37.7 Å². The van der Waals surface area contributed by atoms with Crippen LogP contribution in [0.4, 0.5) is 14.6 Å². The van der Waals surface area contributed by atoms with Crippen molar-refractivity contribution in [3.63, 3.8) is 0 Å². The second-order valence-corrected chi connectivity index (χ2v) is 7.81. The van der Waals surface area contributed by atoms with Gasteiger partial charge >= 0.3 is 6.61 Å². The number of nitrogen functional groups attached to an aromatic ring is 1. The third-order valence-electron chi connectivity index (χ3n) is 5.26. The van der Waals surface area contributed by atoms with Gasteiger partial charge in [-0.2, -0.15) is 8.78 Å². The highest BCUT2D eigenvalue weighted by Crippen LogP contribution is 2.43. The maximum absolute atomic E-state index is 12.7. The lowest BCUT2D eigenvalue weighted by molar-refractivity contribution is -0.0531. The predicted molar refractivity (Wildman–Crippen MR) is 101 cm³/mol. The highest BCUT2D eigenvalue weighted by Gasteiger charge is 2.36. The van der Waals surface area contributed by atoms with Crippen LogP contribution in [0.5, 0.6) is 5.75 Å². The Morgan fingerprint density at radius 2 is 2.07 bits per heavy atom. The Balaban J connectivity index is 1.70. The van der Waals surface area contributed by atoms with Crippen LogP contribution in [0, 0.1) is 0 Å². The standard InChI is InChI=1S/C19H20F2N6O2/c1-19(2)17-25-13-12(9-3-4-9)24-15(26-16(13)27(17)5-6-28-19)10-7-11(29-18(20)21)14(22)23-8-10/h7-9,18H,3-6H2,1-2H3,(H2,22,23). The molecule has 29 heavy (non-hydrogen) atoms. The molecule has 0 atom stereocenters. The molecule has 10 heteroatoms. The summed E-state index contributed by atoms with van der Waals surface area (Å²) in [6.07, 6.45) is 3.53. The van der Waals surface area contributed by atoms with Gasteiger partial charge in [0.25, 0.3) is 0 Å². The number of nitrogens with two attached hydrogens (primary N) is 1. The summed E-state index contributed by atoms with van der Waals surface area (Å²) in [6.45, 7) is 2.15. The molecule has 0 spiro atoms. The summed E-state index contributed by atoms with van der Waals surface area (Å²) in [7, 11) is 0. The first-order valence-corrected chi connectivity index (χ1v) is 9.47. The molecule has 4 heterocycles. The molecule has 0 amide bonds. The lowest BCUT2D eigenvalue weighted by Crippen LogP contribution is -2.33. The van der Waals surface area contributed by atoms with E-state index in [1.165, 1.54) is 12.3 Å². The van der Waals surface area contributed by atoms with Crippen molar-refractivity contribution in [2.24, 2.45) is 0 Å². The number of nitrogens with zero attached hydrogens (tertiary/aromatic N) is 5. The Morgan fingerprint density at radius 3 is 2.79 bits per heavy atom. The molecular weight excluding hydrogens is 382 g/mol. The number of halogens is 2.